The number of anilines is 1. The first-order chi connectivity index (χ1) is 16.0. The number of nitrogens with zero attached hydrogens (tertiary/aromatic N) is 3. The van der Waals surface area contributed by atoms with Gasteiger partial charge in [-0.05, 0) is 38.1 Å². The predicted octanol–water partition coefficient (Wildman–Crippen LogP) is 4.56. The molecule has 0 spiro atoms. The van der Waals surface area contributed by atoms with Crippen LogP contribution in [0.1, 0.15) is 18.2 Å². The maximum absolute atomic E-state index is 14.6. The Hall–Kier alpha value is -3.65. The summed E-state index contributed by atoms with van der Waals surface area (Å²) >= 11 is 0. The van der Waals surface area contributed by atoms with Gasteiger partial charge in [0.1, 0.15) is 29.5 Å². The van der Waals surface area contributed by atoms with Crippen molar-refractivity contribution < 1.29 is 19.0 Å². The van der Waals surface area contributed by atoms with Crippen LogP contribution in [0.25, 0.3) is 22.2 Å². The minimum atomic E-state index is -0.278. The van der Waals surface area contributed by atoms with E-state index >= 15 is 0 Å². The molecule has 4 aromatic rings. The number of rotatable bonds is 9. The lowest BCUT2D eigenvalue weighted by atomic mass is 10.1. The standard InChI is InChI=1S/C25H27FN4O3/c1-4-33-23-12-17(5-6-18(23)14-31)21-13-24(29-15-28-21)27-9-10-30-16(2)11-19-22(32-3)8-7-20(26)25(19)30/h5-8,11-13,15,31H,4,9-10,14H2,1-3H3,(H,27,28,29). The van der Waals surface area contributed by atoms with Crippen molar-refractivity contribution in [1.29, 1.82) is 0 Å². The molecule has 0 unspecified atom stereocenters. The maximum Gasteiger partial charge on any atom is 0.147 e. The molecule has 8 heteroatoms. The number of hydrogen-bond acceptors (Lipinski definition) is 6. The number of ether oxygens (including phenoxy) is 2. The molecule has 0 atom stereocenters. The number of aliphatic hydroxyl groups is 1. The van der Waals surface area contributed by atoms with E-state index in [1.165, 1.54) is 12.4 Å². The zero-order chi connectivity index (χ0) is 23.4. The van der Waals surface area contributed by atoms with Crippen molar-refractivity contribution in [3.05, 3.63) is 65.9 Å². The van der Waals surface area contributed by atoms with Crippen LogP contribution in [0.4, 0.5) is 10.2 Å². The SMILES string of the molecule is CCOc1cc(-c2cc(NCCn3c(C)cc4c(OC)ccc(F)c43)ncn2)ccc1CO. The molecule has 0 aliphatic heterocycles. The van der Waals surface area contributed by atoms with Crippen LogP contribution < -0.4 is 14.8 Å². The summed E-state index contributed by atoms with van der Waals surface area (Å²) in [6, 6.07) is 12.5. The first kappa shape index (κ1) is 22.5. The van der Waals surface area contributed by atoms with Crippen molar-refractivity contribution in [2.24, 2.45) is 0 Å². The Morgan fingerprint density at radius 2 is 1.94 bits per heavy atom. The molecule has 0 saturated carbocycles. The van der Waals surface area contributed by atoms with Crippen molar-refractivity contribution in [1.82, 2.24) is 14.5 Å². The molecule has 0 amide bonds. The highest BCUT2D eigenvalue weighted by molar-refractivity contribution is 5.88. The van der Waals surface area contributed by atoms with Gasteiger partial charge in [0.25, 0.3) is 0 Å². The van der Waals surface area contributed by atoms with Crippen LogP contribution in [0.15, 0.2) is 48.8 Å². The van der Waals surface area contributed by atoms with Gasteiger partial charge in [0.15, 0.2) is 0 Å². The molecule has 2 heterocycles. The molecule has 0 radical (unpaired) electrons. The van der Waals surface area contributed by atoms with Gasteiger partial charge < -0.3 is 24.5 Å². The number of aromatic nitrogens is 3. The largest absolute Gasteiger partial charge is 0.496 e. The van der Waals surface area contributed by atoms with Gasteiger partial charge in [0, 0.05) is 41.4 Å². The van der Waals surface area contributed by atoms with Crippen LogP contribution in [-0.4, -0.2) is 39.9 Å². The van der Waals surface area contributed by atoms with Crippen LogP contribution in [0.2, 0.25) is 0 Å². The normalized spacial score (nSPS) is 11.1. The summed E-state index contributed by atoms with van der Waals surface area (Å²) in [5, 5.41) is 13.6. The molecule has 0 saturated heterocycles. The summed E-state index contributed by atoms with van der Waals surface area (Å²) in [6.07, 6.45) is 1.50. The molecule has 172 valence electrons. The second kappa shape index (κ2) is 9.87. The molecule has 33 heavy (non-hydrogen) atoms. The van der Waals surface area contributed by atoms with Gasteiger partial charge in [0.05, 0.1) is 31.5 Å². The monoisotopic (exact) mass is 450 g/mol. The third-order valence-electron chi connectivity index (χ3n) is 5.54. The fourth-order valence-corrected chi connectivity index (χ4v) is 3.95. The van der Waals surface area contributed by atoms with Crippen molar-refractivity contribution in [2.75, 3.05) is 25.6 Å². The fraction of sp³-hybridized carbons (Fsp3) is 0.280. The van der Waals surface area contributed by atoms with E-state index in [1.54, 1.807) is 13.2 Å². The van der Waals surface area contributed by atoms with E-state index in [-0.39, 0.29) is 12.4 Å². The molecule has 2 aromatic heterocycles. The molecule has 2 aromatic carbocycles. The lowest BCUT2D eigenvalue weighted by Crippen LogP contribution is -2.13. The van der Waals surface area contributed by atoms with Crippen molar-refractivity contribution in [2.45, 2.75) is 27.0 Å². The zero-order valence-corrected chi connectivity index (χ0v) is 18.9. The molecule has 4 rings (SSSR count). The fourth-order valence-electron chi connectivity index (χ4n) is 3.95. The Kier molecular flexibility index (Phi) is 6.74. The quantitative estimate of drug-likeness (QED) is 0.389. The van der Waals surface area contributed by atoms with Crippen LogP contribution in [0, 0.1) is 12.7 Å². The van der Waals surface area contributed by atoms with Gasteiger partial charge in [-0.3, -0.25) is 0 Å². The van der Waals surface area contributed by atoms with E-state index in [0.29, 0.717) is 42.5 Å². The third-order valence-corrected chi connectivity index (χ3v) is 5.54. The van der Waals surface area contributed by atoms with Crippen LogP contribution in [0.5, 0.6) is 11.5 Å². The number of hydrogen-bond donors (Lipinski definition) is 2. The van der Waals surface area contributed by atoms with Crippen LogP contribution >= 0.6 is 0 Å². The Labute approximate surface area is 191 Å². The van der Waals surface area contributed by atoms with Crippen LogP contribution in [0.3, 0.4) is 0 Å². The van der Waals surface area contributed by atoms with Gasteiger partial charge in [0.2, 0.25) is 0 Å². The first-order valence-electron chi connectivity index (χ1n) is 10.8. The molecule has 0 aliphatic rings. The number of aryl methyl sites for hydroxylation is 1. The molecule has 2 N–H and O–H groups in total. The molecule has 0 bridgehead atoms. The van der Waals surface area contributed by atoms with Crippen LogP contribution in [-0.2, 0) is 13.2 Å². The number of aliphatic hydroxyl groups excluding tert-OH is 1. The number of nitrogens with one attached hydrogen (secondary N) is 1. The minimum Gasteiger partial charge on any atom is -0.496 e. The summed E-state index contributed by atoms with van der Waals surface area (Å²) in [5.74, 6) is 1.68. The highest BCUT2D eigenvalue weighted by Crippen LogP contribution is 2.31. The summed E-state index contributed by atoms with van der Waals surface area (Å²) in [4.78, 5) is 8.68. The summed E-state index contributed by atoms with van der Waals surface area (Å²) in [7, 11) is 1.59. The Morgan fingerprint density at radius 3 is 2.70 bits per heavy atom. The highest BCUT2D eigenvalue weighted by Gasteiger charge is 2.14. The van der Waals surface area contributed by atoms with E-state index in [2.05, 4.69) is 15.3 Å². The van der Waals surface area contributed by atoms with E-state index in [1.807, 2.05) is 48.7 Å². The van der Waals surface area contributed by atoms with Gasteiger partial charge in [-0.1, -0.05) is 12.1 Å². The smallest absolute Gasteiger partial charge is 0.147 e. The lowest BCUT2D eigenvalue weighted by molar-refractivity contribution is 0.267. The van der Waals surface area contributed by atoms with E-state index < -0.39 is 0 Å². The Balaban J connectivity index is 1.52. The van der Waals surface area contributed by atoms with E-state index in [9.17, 15) is 9.50 Å². The minimum absolute atomic E-state index is 0.0911. The average molecular weight is 451 g/mol. The topological polar surface area (TPSA) is 81.4 Å². The van der Waals surface area contributed by atoms with Crippen molar-refractivity contribution >= 4 is 16.7 Å². The first-order valence-corrected chi connectivity index (χ1v) is 10.8. The van der Waals surface area contributed by atoms with Crippen molar-refractivity contribution in [3.8, 4) is 22.8 Å². The van der Waals surface area contributed by atoms with Gasteiger partial charge in [-0.25, -0.2) is 14.4 Å². The predicted molar refractivity (Wildman–Crippen MR) is 126 cm³/mol. The van der Waals surface area contributed by atoms with Gasteiger partial charge in [-0.2, -0.15) is 0 Å². The molecular formula is C25H27FN4O3. The zero-order valence-electron chi connectivity index (χ0n) is 18.9. The average Bonchev–Trinajstić information content (AvgIpc) is 3.16. The van der Waals surface area contributed by atoms with E-state index in [0.717, 1.165) is 27.9 Å². The third kappa shape index (κ3) is 4.61. The number of fused-ring (bicyclic) bond motifs is 1. The molecule has 0 aliphatic carbocycles. The second-order valence-corrected chi connectivity index (χ2v) is 7.58. The second-order valence-electron chi connectivity index (χ2n) is 7.58. The van der Waals surface area contributed by atoms with Gasteiger partial charge in [-0.15, -0.1) is 0 Å². The molecular weight excluding hydrogens is 423 g/mol. The van der Waals surface area contributed by atoms with E-state index in [4.69, 9.17) is 9.47 Å². The number of halogens is 1. The van der Waals surface area contributed by atoms with Gasteiger partial charge >= 0.3 is 0 Å². The molecule has 7 nitrogen and oxygen atoms in total. The Bertz CT molecular complexity index is 1270. The Morgan fingerprint density at radius 1 is 1.09 bits per heavy atom. The maximum atomic E-state index is 14.6. The van der Waals surface area contributed by atoms with Crippen molar-refractivity contribution in [3.63, 3.8) is 0 Å². The summed E-state index contributed by atoms with van der Waals surface area (Å²) in [5.41, 5.74) is 3.81. The summed E-state index contributed by atoms with van der Waals surface area (Å²) < 4.78 is 27.5. The molecule has 0 fully saturated rings. The number of methoxy groups -OCH3 is 1. The number of benzene rings is 2. The summed E-state index contributed by atoms with van der Waals surface area (Å²) in [6.45, 7) is 5.37. The highest BCUT2D eigenvalue weighted by atomic mass is 19.1. The lowest BCUT2D eigenvalue weighted by Gasteiger charge is -2.12.